The minimum absolute atomic E-state index is 0.129. The Hall–Kier alpha value is -0.710. The second-order valence-corrected chi connectivity index (χ2v) is 6.56. The molecule has 3 nitrogen and oxygen atoms in total. The van der Waals surface area contributed by atoms with Gasteiger partial charge in [0.25, 0.3) is 0 Å². The smallest absolute Gasteiger partial charge is 0.0545 e. The molecule has 0 saturated heterocycles. The van der Waals surface area contributed by atoms with Gasteiger partial charge < -0.3 is 10.4 Å². The zero-order valence-electron chi connectivity index (χ0n) is 11.5. The number of hydrogen-bond acceptors (Lipinski definition) is 3. The highest BCUT2D eigenvalue weighted by atomic mass is 32.2. The fourth-order valence-electron chi connectivity index (χ4n) is 2.66. The van der Waals surface area contributed by atoms with E-state index in [2.05, 4.69) is 17.4 Å². The van der Waals surface area contributed by atoms with Gasteiger partial charge in [0.2, 0.25) is 0 Å². The predicted molar refractivity (Wildman–Crippen MR) is 78.9 cm³/mol. The number of aliphatic hydroxyl groups excluding tert-OH is 1. The van der Waals surface area contributed by atoms with Crippen LogP contribution in [0.15, 0.2) is 23.1 Å². The summed E-state index contributed by atoms with van der Waals surface area (Å²) in [7, 11) is -0.982. The molecule has 4 heteroatoms. The lowest BCUT2D eigenvalue weighted by molar-refractivity contribution is 0.270. The first kappa shape index (κ1) is 14.7. The quantitative estimate of drug-likeness (QED) is 0.799. The van der Waals surface area contributed by atoms with Gasteiger partial charge in [0.05, 0.1) is 10.8 Å². The summed E-state index contributed by atoms with van der Waals surface area (Å²) in [4.78, 5) is 0.932. The van der Waals surface area contributed by atoms with Gasteiger partial charge in [0.15, 0.2) is 0 Å². The topological polar surface area (TPSA) is 49.3 Å². The van der Waals surface area contributed by atoms with Crippen molar-refractivity contribution in [2.75, 3.05) is 18.9 Å². The van der Waals surface area contributed by atoms with E-state index in [0.717, 1.165) is 24.3 Å². The van der Waals surface area contributed by atoms with Crippen molar-refractivity contribution in [1.29, 1.82) is 0 Å². The third-order valence-electron chi connectivity index (χ3n) is 3.66. The molecule has 19 heavy (non-hydrogen) atoms. The maximum absolute atomic E-state index is 12.4. The first-order valence-corrected chi connectivity index (χ1v) is 8.41. The minimum atomic E-state index is -0.982. The highest BCUT2D eigenvalue weighted by molar-refractivity contribution is 7.85. The SMILES string of the molecule is CCNC(CCO)CS(=O)c1ccc2c(c1)CCC2. The zero-order chi connectivity index (χ0) is 13.7. The van der Waals surface area contributed by atoms with Crippen LogP contribution in [0, 0.1) is 0 Å². The maximum atomic E-state index is 12.4. The van der Waals surface area contributed by atoms with Crippen LogP contribution in [0.4, 0.5) is 0 Å². The van der Waals surface area contributed by atoms with Crippen LogP contribution in [-0.4, -0.2) is 34.3 Å². The third kappa shape index (κ3) is 3.88. The molecule has 1 aliphatic rings. The number of aryl methyl sites for hydroxylation is 2. The highest BCUT2D eigenvalue weighted by Crippen LogP contribution is 2.24. The minimum Gasteiger partial charge on any atom is -0.396 e. The highest BCUT2D eigenvalue weighted by Gasteiger charge is 2.16. The average molecular weight is 281 g/mol. The first-order valence-electron chi connectivity index (χ1n) is 7.09. The average Bonchev–Trinajstić information content (AvgIpc) is 2.86. The molecule has 0 radical (unpaired) electrons. The fraction of sp³-hybridized carbons (Fsp3) is 0.600. The molecule has 0 fully saturated rings. The van der Waals surface area contributed by atoms with Crippen LogP contribution in [0.1, 0.15) is 30.9 Å². The van der Waals surface area contributed by atoms with Gasteiger partial charge in [-0.1, -0.05) is 13.0 Å². The van der Waals surface area contributed by atoms with Gasteiger partial charge in [-0.25, -0.2) is 0 Å². The summed E-state index contributed by atoms with van der Waals surface area (Å²) in [5, 5.41) is 12.3. The molecule has 1 aromatic carbocycles. The standard InChI is InChI=1S/C15H23NO2S/c1-2-16-14(8-9-17)11-19(18)15-7-6-12-4-3-5-13(12)10-15/h6-7,10,14,16-17H,2-5,8-9,11H2,1H3. The molecular formula is C15H23NO2S. The lowest BCUT2D eigenvalue weighted by atomic mass is 10.1. The maximum Gasteiger partial charge on any atom is 0.0545 e. The monoisotopic (exact) mass is 281 g/mol. The molecule has 0 amide bonds. The van der Waals surface area contributed by atoms with Gasteiger partial charge in [-0.05, 0) is 55.5 Å². The normalized spacial score (nSPS) is 17.2. The van der Waals surface area contributed by atoms with E-state index in [1.54, 1.807) is 0 Å². The molecule has 1 aromatic rings. The number of nitrogens with one attached hydrogen (secondary N) is 1. The molecular weight excluding hydrogens is 258 g/mol. The van der Waals surface area contributed by atoms with E-state index in [1.807, 2.05) is 13.0 Å². The summed E-state index contributed by atoms with van der Waals surface area (Å²) in [5.41, 5.74) is 2.78. The van der Waals surface area contributed by atoms with Gasteiger partial charge >= 0.3 is 0 Å². The van der Waals surface area contributed by atoms with Gasteiger partial charge in [-0.3, -0.25) is 4.21 Å². The van der Waals surface area contributed by atoms with Crippen molar-refractivity contribution in [3.05, 3.63) is 29.3 Å². The van der Waals surface area contributed by atoms with Crippen LogP contribution < -0.4 is 5.32 Å². The second-order valence-electron chi connectivity index (χ2n) is 5.06. The molecule has 0 bridgehead atoms. The number of benzene rings is 1. The second kappa shape index (κ2) is 7.17. The van der Waals surface area contributed by atoms with E-state index in [-0.39, 0.29) is 12.6 Å². The Morgan fingerprint density at radius 1 is 1.37 bits per heavy atom. The van der Waals surface area contributed by atoms with Crippen LogP contribution >= 0.6 is 0 Å². The molecule has 0 saturated carbocycles. The zero-order valence-corrected chi connectivity index (χ0v) is 12.3. The summed E-state index contributed by atoms with van der Waals surface area (Å²) in [5.74, 6) is 0.577. The van der Waals surface area contributed by atoms with Crippen molar-refractivity contribution in [2.45, 2.75) is 43.5 Å². The lowest BCUT2D eigenvalue weighted by Gasteiger charge is -2.16. The summed E-state index contributed by atoms with van der Waals surface area (Å²) < 4.78 is 12.4. The van der Waals surface area contributed by atoms with E-state index in [4.69, 9.17) is 5.11 Å². The van der Waals surface area contributed by atoms with Crippen molar-refractivity contribution in [3.8, 4) is 0 Å². The molecule has 2 N–H and O–H groups in total. The molecule has 106 valence electrons. The molecule has 0 aromatic heterocycles. The van der Waals surface area contributed by atoms with Crippen molar-refractivity contribution in [2.24, 2.45) is 0 Å². The molecule has 0 aliphatic heterocycles. The van der Waals surface area contributed by atoms with Crippen LogP contribution in [0.25, 0.3) is 0 Å². The predicted octanol–water partition coefficient (Wildman–Crippen LogP) is 1.64. The Balaban J connectivity index is 2.02. The summed E-state index contributed by atoms with van der Waals surface area (Å²) in [6.45, 7) is 3.01. The number of rotatable bonds is 7. The largest absolute Gasteiger partial charge is 0.396 e. The Morgan fingerprint density at radius 2 is 2.16 bits per heavy atom. The Labute approximate surface area is 117 Å². The summed E-state index contributed by atoms with van der Waals surface area (Å²) >= 11 is 0. The molecule has 0 heterocycles. The van der Waals surface area contributed by atoms with E-state index in [9.17, 15) is 4.21 Å². The van der Waals surface area contributed by atoms with Crippen molar-refractivity contribution in [3.63, 3.8) is 0 Å². The van der Waals surface area contributed by atoms with Gasteiger partial charge in [0.1, 0.15) is 0 Å². The molecule has 2 unspecified atom stereocenters. The Morgan fingerprint density at radius 3 is 2.89 bits per heavy atom. The van der Waals surface area contributed by atoms with Crippen molar-refractivity contribution in [1.82, 2.24) is 5.32 Å². The van der Waals surface area contributed by atoms with Crippen LogP contribution in [0.3, 0.4) is 0 Å². The van der Waals surface area contributed by atoms with E-state index in [1.165, 1.54) is 17.5 Å². The number of hydrogen-bond donors (Lipinski definition) is 2. The fourth-order valence-corrected chi connectivity index (χ4v) is 3.99. The lowest BCUT2D eigenvalue weighted by Crippen LogP contribution is -2.34. The Bertz CT molecular complexity index is 442. The van der Waals surface area contributed by atoms with Crippen molar-refractivity contribution >= 4 is 10.8 Å². The number of aliphatic hydroxyl groups is 1. The van der Waals surface area contributed by atoms with E-state index < -0.39 is 10.8 Å². The number of fused-ring (bicyclic) bond motifs is 1. The first-order chi connectivity index (χ1) is 9.24. The Kier molecular flexibility index (Phi) is 5.55. The van der Waals surface area contributed by atoms with Gasteiger partial charge in [-0.15, -0.1) is 0 Å². The molecule has 0 spiro atoms. The van der Waals surface area contributed by atoms with Crippen LogP contribution in [-0.2, 0) is 23.6 Å². The molecule has 2 atom stereocenters. The van der Waals surface area contributed by atoms with E-state index in [0.29, 0.717) is 12.2 Å². The van der Waals surface area contributed by atoms with Gasteiger partial charge in [-0.2, -0.15) is 0 Å². The summed E-state index contributed by atoms with van der Waals surface area (Å²) in [6, 6.07) is 6.37. The van der Waals surface area contributed by atoms with E-state index >= 15 is 0 Å². The van der Waals surface area contributed by atoms with Crippen molar-refractivity contribution < 1.29 is 9.32 Å². The molecule has 2 rings (SSSR count). The van der Waals surface area contributed by atoms with Crippen LogP contribution in [0.2, 0.25) is 0 Å². The van der Waals surface area contributed by atoms with Crippen LogP contribution in [0.5, 0.6) is 0 Å². The third-order valence-corrected chi connectivity index (χ3v) is 5.14. The van der Waals surface area contributed by atoms with Gasteiger partial charge in [0, 0.05) is 23.3 Å². The summed E-state index contributed by atoms with van der Waals surface area (Å²) in [6.07, 6.45) is 4.15. The molecule has 1 aliphatic carbocycles.